The molecule has 140 valence electrons. The van der Waals surface area contributed by atoms with Gasteiger partial charge in [-0.3, -0.25) is 4.90 Å². The summed E-state index contributed by atoms with van der Waals surface area (Å²) in [6.07, 6.45) is 4.96. The van der Waals surface area contributed by atoms with Gasteiger partial charge in [-0.15, -0.1) is 11.3 Å². The molecular weight excluding hydrogens is 360 g/mol. The lowest BCUT2D eigenvalue weighted by Crippen LogP contribution is -2.51. The fraction of sp³-hybridized carbons (Fsp3) is 0.812. The molecule has 2 aliphatic heterocycles. The maximum atomic E-state index is 12.8. The summed E-state index contributed by atoms with van der Waals surface area (Å²) >= 11 is 1.70. The van der Waals surface area contributed by atoms with Gasteiger partial charge in [-0.25, -0.2) is 4.98 Å². The van der Waals surface area contributed by atoms with Crippen LogP contribution in [0.5, 0.6) is 0 Å². The molecule has 9 heteroatoms. The van der Waals surface area contributed by atoms with Gasteiger partial charge in [-0.2, -0.15) is 17.0 Å². The number of ether oxygens (including phenoxy) is 1. The van der Waals surface area contributed by atoms with Gasteiger partial charge in [0, 0.05) is 43.8 Å². The second kappa shape index (κ2) is 6.86. The summed E-state index contributed by atoms with van der Waals surface area (Å²) in [6.45, 7) is 4.12. The predicted octanol–water partition coefficient (Wildman–Crippen LogP) is 1.01. The lowest BCUT2D eigenvalue weighted by atomic mass is 9.93. The van der Waals surface area contributed by atoms with Crippen molar-refractivity contribution in [1.82, 2.24) is 18.5 Å². The molecule has 0 N–H and O–H groups in total. The van der Waals surface area contributed by atoms with Crippen molar-refractivity contribution in [3.8, 4) is 0 Å². The van der Waals surface area contributed by atoms with E-state index in [1.165, 1.54) is 6.42 Å². The largest absolute Gasteiger partial charge is 0.379 e. The van der Waals surface area contributed by atoms with Crippen molar-refractivity contribution >= 4 is 21.5 Å². The third-order valence-electron chi connectivity index (χ3n) is 5.89. The van der Waals surface area contributed by atoms with Gasteiger partial charge in [0.05, 0.1) is 19.8 Å². The van der Waals surface area contributed by atoms with Crippen LogP contribution in [-0.2, 0) is 21.5 Å². The zero-order valence-electron chi connectivity index (χ0n) is 14.6. The lowest BCUT2D eigenvalue weighted by Gasteiger charge is -2.37. The topological polar surface area (TPSA) is 66.0 Å². The van der Waals surface area contributed by atoms with Crippen LogP contribution in [0.4, 0.5) is 0 Å². The molecule has 1 spiro atoms. The van der Waals surface area contributed by atoms with Gasteiger partial charge in [0.1, 0.15) is 5.01 Å². The summed E-state index contributed by atoms with van der Waals surface area (Å²) in [7, 11) is -1.16. The average molecular weight is 387 g/mol. The van der Waals surface area contributed by atoms with Gasteiger partial charge in [-0.05, 0) is 31.7 Å². The number of hydrogen-bond acceptors (Lipinski definition) is 6. The normalized spacial score (nSPS) is 27.8. The smallest absolute Gasteiger partial charge is 0.282 e. The van der Waals surface area contributed by atoms with Crippen molar-refractivity contribution in [2.75, 3.05) is 46.4 Å². The van der Waals surface area contributed by atoms with E-state index in [9.17, 15) is 8.42 Å². The number of hydrogen-bond donors (Lipinski definition) is 0. The number of thiazole rings is 1. The molecule has 7 nitrogen and oxygen atoms in total. The molecule has 1 aromatic heterocycles. The number of nitrogens with zero attached hydrogens (tertiary/aromatic N) is 4. The second-order valence-electron chi connectivity index (χ2n) is 7.34. The van der Waals surface area contributed by atoms with Crippen LogP contribution in [0.2, 0.25) is 0 Å². The highest BCUT2D eigenvalue weighted by Gasteiger charge is 2.57. The zero-order valence-corrected chi connectivity index (χ0v) is 16.3. The summed E-state index contributed by atoms with van der Waals surface area (Å²) in [6, 6.07) is 0.560. The van der Waals surface area contributed by atoms with Gasteiger partial charge in [-0.1, -0.05) is 0 Å². The van der Waals surface area contributed by atoms with Crippen molar-refractivity contribution in [2.24, 2.45) is 5.41 Å². The van der Waals surface area contributed by atoms with E-state index in [1.807, 2.05) is 11.6 Å². The molecule has 1 aromatic rings. The van der Waals surface area contributed by atoms with Crippen molar-refractivity contribution in [2.45, 2.75) is 31.8 Å². The van der Waals surface area contributed by atoms with Crippen LogP contribution in [0.25, 0.3) is 0 Å². The third kappa shape index (κ3) is 3.50. The SMILES string of the molecule is CN(Cc1nccs1)[C@H]1CC12CCN(S(=O)(=O)N1CCOCC1)CC2. The van der Waals surface area contributed by atoms with E-state index >= 15 is 0 Å². The molecule has 1 atom stereocenters. The fourth-order valence-electron chi connectivity index (χ4n) is 4.24. The van der Waals surface area contributed by atoms with Gasteiger partial charge in [0.2, 0.25) is 0 Å². The van der Waals surface area contributed by atoms with Crippen LogP contribution in [0, 0.1) is 5.41 Å². The van der Waals surface area contributed by atoms with Crippen molar-refractivity contribution in [1.29, 1.82) is 0 Å². The molecule has 3 heterocycles. The Hall–Kier alpha value is -0.580. The second-order valence-corrected chi connectivity index (χ2v) is 10.2. The van der Waals surface area contributed by atoms with Crippen LogP contribution in [0.3, 0.4) is 0 Å². The summed E-state index contributed by atoms with van der Waals surface area (Å²) < 4.78 is 34.1. The minimum absolute atomic E-state index is 0.309. The Morgan fingerprint density at radius 2 is 1.96 bits per heavy atom. The van der Waals surface area contributed by atoms with Crippen LogP contribution in [-0.4, -0.2) is 79.4 Å². The van der Waals surface area contributed by atoms with Gasteiger partial charge in [0.25, 0.3) is 10.2 Å². The van der Waals surface area contributed by atoms with Crippen LogP contribution >= 0.6 is 11.3 Å². The molecule has 4 rings (SSSR count). The van der Waals surface area contributed by atoms with E-state index in [2.05, 4.69) is 16.9 Å². The number of morpholine rings is 1. The molecule has 1 saturated carbocycles. The van der Waals surface area contributed by atoms with Gasteiger partial charge in [0.15, 0.2) is 0 Å². The average Bonchev–Trinajstić information content (AvgIpc) is 3.07. The predicted molar refractivity (Wildman–Crippen MR) is 96.5 cm³/mol. The van der Waals surface area contributed by atoms with E-state index in [4.69, 9.17) is 4.74 Å². The lowest BCUT2D eigenvalue weighted by molar-refractivity contribution is 0.0688. The minimum atomic E-state index is -3.32. The molecular formula is C16H26N4O3S2. The molecule has 0 aromatic carbocycles. The number of aromatic nitrogens is 1. The van der Waals surface area contributed by atoms with Crippen LogP contribution in [0.1, 0.15) is 24.3 Å². The minimum Gasteiger partial charge on any atom is -0.379 e. The van der Waals surface area contributed by atoms with Crippen LogP contribution < -0.4 is 0 Å². The van der Waals surface area contributed by atoms with E-state index in [0.717, 1.165) is 24.4 Å². The maximum Gasteiger partial charge on any atom is 0.282 e. The summed E-state index contributed by atoms with van der Waals surface area (Å²) in [5, 5.41) is 3.16. The molecule has 2 saturated heterocycles. The Labute approximate surface area is 153 Å². The Balaban J connectivity index is 1.33. The highest BCUT2D eigenvalue weighted by Crippen LogP contribution is 2.56. The van der Waals surface area contributed by atoms with Gasteiger partial charge < -0.3 is 4.74 Å². The summed E-state index contributed by atoms with van der Waals surface area (Å²) in [5.74, 6) is 0. The Kier molecular flexibility index (Phi) is 4.89. The first-order valence-electron chi connectivity index (χ1n) is 8.93. The molecule has 1 aliphatic carbocycles. The van der Waals surface area contributed by atoms with E-state index in [-0.39, 0.29) is 0 Å². The molecule has 0 bridgehead atoms. The highest BCUT2D eigenvalue weighted by molar-refractivity contribution is 7.86. The third-order valence-corrected chi connectivity index (χ3v) is 8.69. The molecule has 0 unspecified atom stereocenters. The highest BCUT2D eigenvalue weighted by atomic mass is 32.2. The molecule has 3 fully saturated rings. The first-order valence-corrected chi connectivity index (χ1v) is 11.2. The zero-order chi connectivity index (χ0) is 17.5. The molecule has 0 amide bonds. The van der Waals surface area contributed by atoms with Crippen LogP contribution in [0.15, 0.2) is 11.6 Å². The Morgan fingerprint density at radius 1 is 1.28 bits per heavy atom. The quantitative estimate of drug-likeness (QED) is 0.756. The summed E-state index contributed by atoms with van der Waals surface area (Å²) in [4.78, 5) is 6.76. The first-order chi connectivity index (χ1) is 12.0. The van der Waals surface area contributed by atoms with E-state index in [0.29, 0.717) is 50.8 Å². The van der Waals surface area contributed by atoms with Crippen molar-refractivity contribution < 1.29 is 13.2 Å². The van der Waals surface area contributed by atoms with Gasteiger partial charge >= 0.3 is 0 Å². The van der Waals surface area contributed by atoms with Crippen molar-refractivity contribution in [3.05, 3.63) is 16.6 Å². The standard InChI is InChI=1S/C16H26N4O3S2/c1-18(13-15-17-4-11-24-15)14-12-16(14)2-5-19(6-3-16)25(21,22)20-7-9-23-10-8-20/h4,11,14H,2-3,5-10,12-13H2,1H3/t14-/m0/s1. The summed E-state index contributed by atoms with van der Waals surface area (Å²) in [5.41, 5.74) is 0.309. The number of piperidine rings is 1. The molecule has 3 aliphatic rings. The first kappa shape index (κ1) is 17.8. The fourth-order valence-corrected chi connectivity index (χ4v) is 6.50. The molecule has 0 radical (unpaired) electrons. The van der Waals surface area contributed by atoms with E-state index < -0.39 is 10.2 Å². The monoisotopic (exact) mass is 386 g/mol. The maximum absolute atomic E-state index is 12.8. The Bertz CT molecular complexity index is 680. The molecule has 25 heavy (non-hydrogen) atoms. The number of rotatable bonds is 5. The van der Waals surface area contributed by atoms with Crippen molar-refractivity contribution in [3.63, 3.8) is 0 Å². The van der Waals surface area contributed by atoms with E-state index in [1.54, 1.807) is 19.9 Å². The Morgan fingerprint density at radius 3 is 2.60 bits per heavy atom.